The van der Waals surface area contributed by atoms with Crippen molar-refractivity contribution < 1.29 is 5.11 Å². The molecule has 84 valence electrons. The predicted octanol–water partition coefficient (Wildman–Crippen LogP) is 3.70. The van der Waals surface area contributed by atoms with Gasteiger partial charge in [-0.2, -0.15) is 0 Å². The van der Waals surface area contributed by atoms with Crippen molar-refractivity contribution in [3.63, 3.8) is 0 Å². The van der Waals surface area contributed by atoms with Crippen LogP contribution in [-0.4, -0.2) is 5.11 Å². The first-order valence-electron chi connectivity index (χ1n) is 5.91. The number of hydrogen-bond acceptors (Lipinski definition) is 1. The summed E-state index contributed by atoms with van der Waals surface area (Å²) >= 11 is 0. The lowest BCUT2D eigenvalue weighted by Gasteiger charge is -2.19. The molecule has 0 atom stereocenters. The van der Waals surface area contributed by atoms with Crippen LogP contribution in [0, 0.1) is 13.8 Å². The molecule has 0 unspecified atom stereocenters. The molecule has 1 heteroatoms. The summed E-state index contributed by atoms with van der Waals surface area (Å²) in [5.74, 6) is 0.518. The molecule has 0 aromatic heterocycles. The fourth-order valence-electron chi connectivity index (χ4n) is 2.57. The van der Waals surface area contributed by atoms with Crippen molar-refractivity contribution in [2.75, 3.05) is 0 Å². The van der Waals surface area contributed by atoms with Gasteiger partial charge in [0.05, 0.1) is 0 Å². The minimum Gasteiger partial charge on any atom is -0.507 e. The second-order valence-corrected chi connectivity index (χ2v) is 4.09. The van der Waals surface area contributed by atoms with Crippen LogP contribution in [0.25, 0.3) is 0 Å². The SMILES string of the molecule is CCc1c(C)c(CC)c(CC)c(C)c1O. The molecule has 0 aliphatic heterocycles. The summed E-state index contributed by atoms with van der Waals surface area (Å²) in [5, 5.41) is 10.1. The zero-order valence-electron chi connectivity index (χ0n) is 10.6. The largest absolute Gasteiger partial charge is 0.507 e. The molecule has 15 heavy (non-hydrogen) atoms. The van der Waals surface area contributed by atoms with Crippen LogP contribution < -0.4 is 0 Å². The Morgan fingerprint density at radius 1 is 0.733 bits per heavy atom. The Kier molecular flexibility index (Phi) is 3.78. The second-order valence-electron chi connectivity index (χ2n) is 4.09. The van der Waals surface area contributed by atoms with Gasteiger partial charge in [-0.3, -0.25) is 0 Å². The molecule has 0 amide bonds. The highest BCUT2D eigenvalue weighted by Crippen LogP contribution is 2.33. The lowest BCUT2D eigenvalue weighted by atomic mass is 9.88. The lowest BCUT2D eigenvalue weighted by molar-refractivity contribution is 0.462. The van der Waals surface area contributed by atoms with Crippen LogP contribution in [0.15, 0.2) is 0 Å². The van der Waals surface area contributed by atoms with Crippen LogP contribution in [0.4, 0.5) is 0 Å². The molecule has 1 rings (SSSR count). The summed E-state index contributed by atoms with van der Waals surface area (Å²) in [6.07, 6.45) is 2.98. The third-order valence-electron chi connectivity index (χ3n) is 3.42. The molecule has 0 aliphatic rings. The minimum absolute atomic E-state index is 0.518. The van der Waals surface area contributed by atoms with Crippen LogP contribution >= 0.6 is 0 Å². The van der Waals surface area contributed by atoms with E-state index >= 15 is 0 Å². The van der Waals surface area contributed by atoms with E-state index in [2.05, 4.69) is 27.7 Å². The maximum atomic E-state index is 10.1. The number of phenols is 1. The molecule has 0 aliphatic carbocycles. The normalized spacial score (nSPS) is 10.7. The van der Waals surface area contributed by atoms with Crippen LogP contribution in [0.2, 0.25) is 0 Å². The number of hydrogen-bond donors (Lipinski definition) is 1. The van der Waals surface area contributed by atoms with E-state index < -0.39 is 0 Å². The average Bonchev–Trinajstić information content (AvgIpc) is 2.23. The summed E-state index contributed by atoms with van der Waals surface area (Å²) in [6.45, 7) is 10.6. The van der Waals surface area contributed by atoms with E-state index in [0.29, 0.717) is 5.75 Å². The van der Waals surface area contributed by atoms with Gasteiger partial charge in [0.15, 0.2) is 0 Å². The van der Waals surface area contributed by atoms with Gasteiger partial charge in [0, 0.05) is 0 Å². The molecule has 0 heterocycles. The van der Waals surface area contributed by atoms with Crippen molar-refractivity contribution in [1.29, 1.82) is 0 Å². The monoisotopic (exact) mass is 206 g/mol. The molecule has 1 nitrogen and oxygen atoms in total. The minimum atomic E-state index is 0.518. The van der Waals surface area contributed by atoms with Crippen molar-refractivity contribution in [2.24, 2.45) is 0 Å². The topological polar surface area (TPSA) is 20.2 Å². The summed E-state index contributed by atoms with van der Waals surface area (Å²) in [7, 11) is 0. The number of rotatable bonds is 3. The van der Waals surface area contributed by atoms with Gasteiger partial charge in [-0.15, -0.1) is 0 Å². The fourth-order valence-corrected chi connectivity index (χ4v) is 2.57. The highest BCUT2D eigenvalue weighted by molar-refractivity contribution is 5.54. The van der Waals surface area contributed by atoms with E-state index in [9.17, 15) is 5.11 Å². The quantitative estimate of drug-likeness (QED) is 0.799. The third kappa shape index (κ3) is 1.88. The zero-order valence-corrected chi connectivity index (χ0v) is 10.6. The van der Waals surface area contributed by atoms with Crippen molar-refractivity contribution >= 4 is 0 Å². The van der Waals surface area contributed by atoms with E-state index in [1.54, 1.807) is 0 Å². The second kappa shape index (κ2) is 4.69. The summed E-state index contributed by atoms with van der Waals surface area (Å²) in [6, 6.07) is 0. The van der Waals surface area contributed by atoms with Gasteiger partial charge in [0.2, 0.25) is 0 Å². The lowest BCUT2D eigenvalue weighted by Crippen LogP contribution is -2.03. The zero-order chi connectivity index (χ0) is 11.6. The Labute approximate surface area is 93.1 Å². The predicted molar refractivity (Wildman–Crippen MR) is 65.7 cm³/mol. The Morgan fingerprint density at radius 3 is 1.53 bits per heavy atom. The van der Waals surface area contributed by atoms with Gasteiger partial charge in [-0.1, -0.05) is 20.8 Å². The van der Waals surface area contributed by atoms with Crippen LogP contribution in [0.5, 0.6) is 5.75 Å². The fraction of sp³-hybridized carbons (Fsp3) is 0.571. The van der Waals surface area contributed by atoms with Crippen molar-refractivity contribution in [3.8, 4) is 5.75 Å². The molecule has 0 bridgehead atoms. The van der Waals surface area contributed by atoms with Gasteiger partial charge in [0.1, 0.15) is 5.75 Å². The number of benzene rings is 1. The van der Waals surface area contributed by atoms with E-state index in [0.717, 1.165) is 30.4 Å². The average molecular weight is 206 g/mol. The molecule has 0 radical (unpaired) electrons. The van der Waals surface area contributed by atoms with Gasteiger partial charge in [-0.05, 0) is 60.9 Å². The summed E-state index contributed by atoms with van der Waals surface area (Å²) in [5.41, 5.74) is 6.27. The van der Waals surface area contributed by atoms with Gasteiger partial charge < -0.3 is 5.11 Å². The summed E-state index contributed by atoms with van der Waals surface area (Å²) in [4.78, 5) is 0. The summed E-state index contributed by atoms with van der Waals surface area (Å²) < 4.78 is 0. The van der Waals surface area contributed by atoms with Gasteiger partial charge in [-0.25, -0.2) is 0 Å². The molecular weight excluding hydrogens is 184 g/mol. The first kappa shape index (κ1) is 12.1. The Bertz CT molecular complexity index is 364. The molecule has 0 saturated heterocycles. The molecular formula is C14H22O. The first-order valence-corrected chi connectivity index (χ1v) is 5.91. The van der Waals surface area contributed by atoms with E-state index in [4.69, 9.17) is 0 Å². The molecule has 0 saturated carbocycles. The highest BCUT2D eigenvalue weighted by Gasteiger charge is 2.15. The molecule has 0 spiro atoms. The van der Waals surface area contributed by atoms with Crippen LogP contribution in [0.1, 0.15) is 48.6 Å². The highest BCUT2D eigenvalue weighted by atomic mass is 16.3. The number of aromatic hydroxyl groups is 1. The van der Waals surface area contributed by atoms with Crippen LogP contribution in [0.3, 0.4) is 0 Å². The third-order valence-corrected chi connectivity index (χ3v) is 3.42. The molecule has 0 fully saturated rings. The first-order chi connectivity index (χ1) is 7.08. The van der Waals surface area contributed by atoms with E-state index in [-0.39, 0.29) is 0 Å². The van der Waals surface area contributed by atoms with E-state index in [1.807, 2.05) is 6.92 Å². The standard InChI is InChI=1S/C14H22O/c1-6-11-9(4)13(8-3)14(15)10(5)12(11)7-2/h15H,6-8H2,1-5H3. The Balaban J connectivity index is 3.57. The van der Waals surface area contributed by atoms with Gasteiger partial charge in [0.25, 0.3) is 0 Å². The van der Waals surface area contributed by atoms with Crippen LogP contribution in [-0.2, 0) is 19.3 Å². The van der Waals surface area contributed by atoms with E-state index in [1.165, 1.54) is 16.7 Å². The van der Waals surface area contributed by atoms with Crippen molar-refractivity contribution in [3.05, 3.63) is 27.8 Å². The van der Waals surface area contributed by atoms with Gasteiger partial charge >= 0.3 is 0 Å². The molecule has 1 N–H and O–H groups in total. The maximum absolute atomic E-state index is 10.1. The maximum Gasteiger partial charge on any atom is 0.122 e. The Hall–Kier alpha value is -0.980. The van der Waals surface area contributed by atoms with Crippen molar-refractivity contribution in [2.45, 2.75) is 53.9 Å². The molecule has 1 aromatic carbocycles. The Morgan fingerprint density at radius 2 is 1.13 bits per heavy atom. The molecule has 1 aromatic rings. The van der Waals surface area contributed by atoms with Crippen molar-refractivity contribution in [1.82, 2.24) is 0 Å². The smallest absolute Gasteiger partial charge is 0.122 e. The number of phenolic OH excluding ortho intramolecular Hbond substituents is 1.